The van der Waals surface area contributed by atoms with Crippen LogP contribution in [0.5, 0.6) is 5.75 Å². The zero-order valence-electron chi connectivity index (χ0n) is 18.3. The monoisotopic (exact) mass is 475 g/mol. The zero-order chi connectivity index (χ0) is 23.6. The van der Waals surface area contributed by atoms with Gasteiger partial charge in [0.05, 0.1) is 16.1 Å². The van der Waals surface area contributed by atoms with Gasteiger partial charge in [0.2, 0.25) is 6.23 Å². The first-order valence-electron chi connectivity index (χ1n) is 10.5. The van der Waals surface area contributed by atoms with Gasteiger partial charge in [0.1, 0.15) is 10.8 Å². The Bertz CT molecular complexity index is 1090. The van der Waals surface area contributed by atoms with Gasteiger partial charge in [0, 0.05) is 31.7 Å². The highest BCUT2D eigenvalue weighted by atomic mass is 32.1. The summed E-state index contributed by atoms with van der Waals surface area (Å²) in [6.07, 6.45) is -4.16. The van der Waals surface area contributed by atoms with Crippen molar-refractivity contribution in [1.82, 2.24) is 14.8 Å². The Morgan fingerprint density at radius 1 is 1.00 bits per heavy atom. The van der Waals surface area contributed by atoms with Crippen LogP contribution in [0.2, 0.25) is 0 Å². The Labute approximate surface area is 194 Å². The maximum absolute atomic E-state index is 12.8. The van der Waals surface area contributed by atoms with Gasteiger partial charge in [-0.1, -0.05) is 12.1 Å². The number of hydrogen-bond donors (Lipinski definition) is 0. The lowest BCUT2D eigenvalue weighted by Gasteiger charge is -2.35. The number of alkyl halides is 3. The SMILES string of the molecule is Cc1nc(-c2ccc(C(F)(F)F)cc2)sc1-c1ccc(OC(C=O)N2CCN(C)CC2)cc1. The molecule has 9 heteroatoms. The molecule has 1 unspecified atom stereocenters. The third-order valence-electron chi connectivity index (χ3n) is 5.64. The molecule has 0 spiro atoms. The summed E-state index contributed by atoms with van der Waals surface area (Å²) in [5.41, 5.74) is 1.69. The molecule has 4 rings (SSSR count). The molecular weight excluding hydrogens is 451 g/mol. The first kappa shape index (κ1) is 23.4. The molecular formula is C24H24F3N3O2S. The number of thiazole rings is 1. The fourth-order valence-corrected chi connectivity index (χ4v) is 4.76. The average molecular weight is 476 g/mol. The number of rotatable bonds is 6. The number of carbonyl (C=O) groups excluding carboxylic acids is 1. The minimum absolute atomic E-state index is 0.597. The number of piperazine rings is 1. The van der Waals surface area contributed by atoms with Crippen molar-refractivity contribution in [3.63, 3.8) is 0 Å². The van der Waals surface area contributed by atoms with Crippen LogP contribution in [0.3, 0.4) is 0 Å². The first-order valence-corrected chi connectivity index (χ1v) is 11.4. The van der Waals surface area contributed by atoms with Gasteiger partial charge in [-0.3, -0.25) is 9.69 Å². The summed E-state index contributed by atoms with van der Waals surface area (Å²) in [5.74, 6) is 0.597. The molecule has 0 radical (unpaired) electrons. The van der Waals surface area contributed by atoms with E-state index in [2.05, 4.69) is 16.9 Å². The molecule has 5 nitrogen and oxygen atoms in total. The number of hydrogen-bond acceptors (Lipinski definition) is 6. The Morgan fingerprint density at radius 3 is 2.18 bits per heavy atom. The van der Waals surface area contributed by atoms with Gasteiger partial charge in [-0.25, -0.2) is 4.98 Å². The molecule has 0 saturated carbocycles. The van der Waals surface area contributed by atoms with Gasteiger partial charge >= 0.3 is 6.18 Å². The van der Waals surface area contributed by atoms with Crippen molar-refractivity contribution in [3.05, 3.63) is 59.8 Å². The molecule has 1 aliphatic rings. The number of halogens is 3. The van der Waals surface area contributed by atoms with E-state index in [1.807, 2.05) is 36.1 Å². The third-order valence-corrected chi connectivity index (χ3v) is 6.90. The molecule has 0 amide bonds. The lowest BCUT2D eigenvalue weighted by Crippen LogP contribution is -2.51. The Kier molecular flexibility index (Phi) is 6.83. The lowest BCUT2D eigenvalue weighted by atomic mass is 10.1. The standard InChI is InChI=1S/C24H24F3N3O2S/c1-16-22(33-23(28-16)18-3-7-19(8-4-18)24(25,26)27)17-5-9-20(10-6-17)32-21(15-31)30-13-11-29(2)12-14-30/h3-10,15,21H,11-14H2,1-2H3. The third kappa shape index (κ3) is 5.43. The van der Waals surface area contributed by atoms with Crippen LogP contribution in [-0.2, 0) is 11.0 Å². The van der Waals surface area contributed by atoms with E-state index in [1.54, 1.807) is 0 Å². The molecule has 174 valence electrons. The molecule has 33 heavy (non-hydrogen) atoms. The maximum Gasteiger partial charge on any atom is 0.416 e. The number of ether oxygens (including phenoxy) is 1. The summed E-state index contributed by atoms with van der Waals surface area (Å²) in [5, 5.41) is 0.660. The number of likely N-dealkylation sites (N-methyl/N-ethyl adjacent to an activating group) is 1. The van der Waals surface area contributed by atoms with Crippen LogP contribution in [0.4, 0.5) is 13.2 Å². The number of aromatic nitrogens is 1. The van der Waals surface area contributed by atoms with Crippen LogP contribution >= 0.6 is 11.3 Å². The van der Waals surface area contributed by atoms with Gasteiger partial charge in [-0.15, -0.1) is 11.3 Å². The smallest absolute Gasteiger partial charge is 0.416 e. The second-order valence-corrected chi connectivity index (χ2v) is 9.02. The molecule has 0 bridgehead atoms. The first-order chi connectivity index (χ1) is 15.7. The second-order valence-electron chi connectivity index (χ2n) is 8.02. The summed E-state index contributed by atoms with van der Waals surface area (Å²) in [4.78, 5) is 21.3. The fraction of sp³-hybridized carbons (Fsp3) is 0.333. The molecule has 1 aliphatic heterocycles. The van der Waals surface area contributed by atoms with E-state index >= 15 is 0 Å². The maximum atomic E-state index is 12.8. The molecule has 2 aromatic carbocycles. The molecule has 1 fully saturated rings. The molecule has 0 N–H and O–H groups in total. The number of benzene rings is 2. The highest BCUT2D eigenvalue weighted by molar-refractivity contribution is 7.18. The molecule has 1 atom stereocenters. The summed E-state index contributed by atoms with van der Waals surface area (Å²) in [6, 6.07) is 12.5. The van der Waals surface area contributed by atoms with Crippen LogP contribution in [0.25, 0.3) is 21.0 Å². The van der Waals surface area contributed by atoms with E-state index in [0.29, 0.717) is 16.3 Å². The average Bonchev–Trinajstić information content (AvgIpc) is 3.19. The number of nitrogens with zero attached hydrogens (tertiary/aromatic N) is 3. The number of carbonyl (C=O) groups is 1. The predicted molar refractivity (Wildman–Crippen MR) is 122 cm³/mol. The predicted octanol–water partition coefficient (Wildman–Crippen LogP) is 4.96. The highest BCUT2D eigenvalue weighted by Crippen LogP contribution is 2.37. The van der Waals surface area contributed by atoms with Crippen molar-refractivity contribution in [2.24, 2.45) is 0 Å². The van der Waals surface area contributed by atoms with Crippen molar-refractivity contribution >= 4 is 17.6 Å². The van der Waals surface area contributed by atoms with E-state index < -0.39 is 18.0 Å². The minimum atomic E-state index is -4.36. The van der Waals surface area contributed by atoms with Gasteiger partial charge < -0.3 is 9.64 Å². The molecule has 2 heterocycles. The van der Waals surface area contributed by atoms with Gasteiger partial charge in [-0.05, 0) is 55.9 Å². The summed E-state index contributed by atoms with van der Waals surface area (Å²) >= 11 is 1.42. The number of aldehydes is 1. The zero-order valence-corrected chi connectivity index (χ0v) is 19.1. The summed E-state index contributed by atoms with van der Waals surface area (Å²) < 4.78 is 44.4. The van der Waals surface area contributed by atoms with E-state index in [-0.39, 0.29) is 0 Å². The molecule has 1 aromatic heterocycles. The van der Waals surface area contributed by atoms with Gasteiger partial charge in [0.25, 0.3) is 0 Å². The summed E-state index contributed by atoms with van der Waals surface area (Å²) in [7, 11) is 2.05. The van der Waals surface area contributed by atoms with Crippen LogP contribution < -0.4 is 4.74 Å². The van der Waals surface area contributed by atoms with Crippen molar-refractivity contribution < 1.29 is 22.7 Å². The lowest BCUT2D eigenvalue weighted by molar-refractivity contribution is -0.137. The fourth-order valence-electron chi connectivity index (χ4n) is 3.68. The van der Waals surface area contributed by atoms with E-state index in [9.17, 15) is 18.0 Å². The van der Waals surface area contributed by atoms with Crippen LogP contribution in [-0.4, -0.2) is 60.5 Å². The topological polar surface area (TPSA) is 45.7 Å². The van der Waals surface area contributed by atoms with Crippen LogP contribution in [0.1, 0.15) is 11.3 Å². The molecule has 3 aromatic rings. The van der Waals surface area contributed by atoms with E-state index in [1.165, 1.54) is 23.5 Å². The highest BCUT2D eigenvalue weighted by Gasteiger charge is 2.30. The van der Waals surface area contributed by atoms with E-state index in [4.69, 9.17) is 4.74 Å². The second kappa shape index (κ2) is 9.62. The molecule has 0 aliphatic carbocycles. The normalized spacial score (nSPS) is 16.5. The minimum Gasteiger partial charge on any atom is -0.468 e. The largest absolute Gasteiger partial charge is 0.468 e. The van der Waals surface area contributed by atoms with Crippen molar-refractivity contribution in [2.75, 3.05) is 33.2 Å². The Hall–Kier alpha value is -2.75. The van der Waals surface area contributed by atoms with Crippen LogP contribution in [0.15, 0.2) is 48.5 Å². The number of aryl methyl sites for hydroxylation is 1. The quantitative estimate of drug-likeness (QED) is 0.472. The van der Waals surface area contributed by atoms with Crippen LogP contribution in [0, 0.1) is 6.92 Å². The van der Waals surface area contributed by atoms with Crippen molar-refractivity contribution in [2.45, 2.75) is 19.3 Å². The van der Waals surface area contributed by atoms with Crippen molar-refractivity contribution in [1.29, 1.82) is 0 Å². The Morgan fingerprint density at radius 2 is 1.61 bits per heavy atom. The molecule has 1 saturated heterocycles. The van der Waals surface area contributed by atoms with Gasteiger partial charge in [0.15, 0.2) is 6.29 Å². The van der Waals surface area contributed by atoms with Crippen molar-refractivity contribution in [3.8, 4) is 26.8 Å². The van der Waals surface area contributed by atoms with E-state index in [0.717, 1.165) is 60.7 Å². The Balaban J connectivity index is 1.48. The summed E-state index contributed by atoms with van der Waals surface area (Å²) in [6.45, 7) is 5.19. The van der Waals surface area contributed by atoms with Gasteiger partial charge in [-0.2, -0.15) is 13.2 Å².